The van der Waals surface area contributed by atoms with Crippen molar-refractivity contribution in [3.8, 4) is 5.75 Å². The first-order valence-electron chi connectivity index (χ1n) is 4.89. The van der Waals surface area contributed by atoms with Gasteiger partial charge >= 0.3 is 0 Å². The molecule has 0 bridgehead atoms. The Morgan fingerprint density at radius 3 is 2.59 bits per heavy atom. The van der Waals surface area contributed by atoms with Crippen LogP contribution in [0.5, 0.6) is 5.75 Å². The van der Waals surface area contributed by atoms with Crippen LogP contribution < -0.4 is 9.46 Å². The number of nitrogens with one attached hydrogen (secondary N) is 1. The lowest BCUT2D eigenvalue weighted by molar-refractivity contribution is -0.00846. The van der Waals surface area contributed by atoms with Crippen LogP contribution in [-0.2, 0) is 20.7 Å². The third-order valence-corrected chi connectivity index (χ3v) is 2.21. The highest BCUT2D eigenvalue weighted by molar-refractivity contribution is 7.80. The molecule has 0 aliphatic rings. The molecule has 1 rings (SSSR count). The Hall–Kier alpha value is -1.15. The fourth-order valence-corrected chi connectivity index (χ4v) is 1.37. The first-order chi connectivity index (χ1) is 8.22. The first kappa shape index (κ1) is 13.9. The largest absolute Gasteiger partial charge is 0.468 e. The molecule has 0 amide bonds. The van der Waals surface area contributed by atoms with Crippen LogP contribution in [0.15, 0.2) is 24.3 Å². The first-order valence-corrected chi connectivity index (χ1v) is 6.00. The molecule has 0 spiro atoms. The third kappa shape index (κ3) is 6.22. The Bertz CT molecular complexity index is 343. The molecular weight excluding hydrogens is 246 g/mol. The summed E-state index contributed by atoms with van der Waals surface area (Å²) in [5, 5.41) is 0. The van der Waals surface area contributed by atoms with Gasteiger partial charge in [0.05, 0.1) is 13.2 Å². The summed E-state index contributed by atoms with van der Waals surface area (Å²) >= 11 is -2.06. The molecule has 0 fully saturated rings. The molecule has 0 radical (unpaired) electrons. The molecule has 0 aliphatic heterocycles. The summed E-state index contributed by atoms with van der Waals surface area (Å²) in [6, 6.07) is 6.63. The molecular formula is C10H15NO5S. The predicted molar refractivity (Wildman–Crippen MR) is 64.2 cm³/mol. The molecule has 0 aliphatic carbocycles. The summed E-state index contributed by atoms with van der Waals surface area (Å²) in [6.45, 7) is 1.14. The van der Waals surface area contributed by atoms with E-state index in [0.29, 0.717) is 24.7 Å². The zero-order valence-corrected chi connectivity index (χ0v) is 10.2. The Morgan fingerprint density at radius 2 is 2.00 bits per heavy atom. The topological polar surface area (TPSA) is 77.0 Å². The fourth-order valence-electron chi connectivity index (χ4n) is 1.03. The third-order valence-electron chi connectivity index (χ3n) is 1.80. The second-order valence-electron chi connectivity index (χ2n) is 3.04. The Kier molecular flexibility index (Phi) is 6.56. The summed E-state index contributed by atoms with van der Waals surface area (Å²) in [6.07, 6.45) is 0. The average molecular weight is 261 g/mol. The quantitative estimate of drug-likeness (QED) is 0.418. The van der Waals surface area contributed by atoms with Crippen LogP contribution in [0.1, 0.15) is 0 Å². The number of methoxy groups -OCH3 is 1. The lowest BCUT2D eigenvalue weighted by Crippen LogP contribution is -2.07. The van der Waals surface area contributed by atoms with Crippen molar-refractivity contribution in [3.63, 3.8) is 0 Å². The van der Waals surface area contributed by atoms with E-state index in [0.717, 1.165) is 0 Å². The molecule has 1 aromatic carbocycles. The molecule has 2 N–H and O–H groups in total. The van der Waals surface area contributed by atoms with Gasteiger partial charge in [-0.15, -0.1) is 0 Å². The monoisotopic (exact) mass is 261 g/mol. The Morgan fingerprint density at radius 1 is 1.29 bits per heavy atom. The maximum atomic E-state index is 10.5. The van der Waals surface area contributed by atoms with Gasteiger partial charge < -0.3 is 14.2 Å². The predicted octanol–water partition coefficient (Wildman–Crippen LogP) is 1.23. The number of anilines is 1. The number of ether oxygens (including phenoxy) is 3. The molecule has 1 aromatic rings. The molecule has 17 heavy (non-hydrogen) atoms. The zero-order valence-electron chi connectivity index (χ0n) is 9.42. The molecule has 7 heteroatoms. The maximum Gasteiger partial charge on any atom is 0.259 e. The highest BCUT2D eigenvalue weighted by Crippen LogP contribution is 2.15. The van der Waals surface area contributed by atoms with E-state index in [4.69, 9.17) is 18.8 Å². The van der Waals surface area contributed by atoms with Gasteiger partial charge in [-0.3, -0.25) is 9.27 Å². The van der Waals surface area contributed by atoms with Crippen LogP contribution in [0.25, 0.3) is 0 Å². The van der Waals surface area contributed by atoms with Gasteiger partial charge in [0.1, 0.15) is 5.75 Å². The highest BCUT2D eigenvalue weighted by Gasteiger charge is 1.97. The lowest BCUT2D eigenvalue weighted by atomic mass is 10.3. The van der Waals surface area contributed by atoms with E-state index in [2.05, 4.69) is 4.72 Å². The standard InChI is InChI=1S/C10H15NO5S/c1-14-6-7-15-8-16-10-4-2-9(3-5-10)11-17(12)13/h2-5,11H,6-8H2,1H3,(H,12,13). The molecule has 1 unspecified atom stereocenters. The van der Waals surface area contributed by atoms with Crippen molar-refractivity contribution in [2.75, 3.05) is 31.8 Å². The van der Waals surface area contributed by atoms with Crippen molar-refractivity contribution < 1.29 is 23.0 Å². The highest BCUT2D eigenvalue weighted by atomic mass is 32.2. The van der Waals surface area contributed by atoms with Crippen LogP contribution in [0.2, 0.25) is 0 Å². The summed E-state index contributed by atoms with van der Waals surface area (Å²) in [5.41, 5.74) is 0.540. The van der Waals surface area contributed by atoms with E-state index in [-0.39, 0.29) is 6.79 Å². The molecule has 6 nitrogen and oxygen atoms in total. The van der Waals surface area contributed by atoms with Crippen molar-refractivity contribution in [2.45, 2.75) is 0 Å². The molecule has 96 valence electrons. The van der Waals surface area contributed by atoms with Gasteiger partial charge in [0, 0.05) is 12.8 Å². The molecule has 1 atom stereocenters. The van der Waals surface area contributed by atoms with Crippen molar-refractivity contribution in [1.29, 1.82) is 0 Å². The minimum absolute atomic E-state index is 0.141. The lowest BCUT2D eigenvalue weighted by Gasteiger charge is -2.07. The summed E-state index contributed by atoms with van der Waals surface area (Å²) in [5.74, 6) is 0.622. The van der Waals surface area contributed by atoms with Gasteiger partial charge in [0.25, 0.3) is 11.3 Å². The minimum atomic E-state index is -2.06. The van der Waals surface area contributed by atoms with Crippen LogP contribution in [0.3, 0.4) is 0 Å². The van der Waals surface area contributed by atoms with Gasteiger partial charge in [-0.1, -0.05) is 0 Å². The smallest absolute Gasteiger partial charge is 0.259 e. The van der Waals surface area contributed by atoms with E-state index in [1.807, 2.05) is 0 Å². The van der Waals surface area contributed by atoms with E-state index in [1.165, 1.54) is 0 Å². The van der Waals surface area contributed by atoms with Gasteiger partial charge in [-0.05, 0) is 24.3 Å². The van der Waals surface area contributed by atoms with Gasteiger partial charge in [-0.2, -0.15) is 0 Å². The fraction of sp³-hybridized carbons (Fsp3) is 0.400. The number of hydrogen-bond acceptors (Lipinski definition) is 4. The Balaban J connectivity index is 2.28. The van der Waals surface area contributed by atoms with Gasteiger partial charge in [0.2, 0.25) is 0 Å². The maximum absolute atomic E-state index is 10.5. The van der Waals surface area contributed by atoms with Crippen molar-refractivity contribution in [1.82, 2.24) is 0 Å². The molecule has 0 saturated heterocycles. The van der Waals surface area contributed by atoms with Gasteiger partial charge in [-0.25, -0.2) is 4.21 Å². The number of rotatable bonds is 8. The van der Waals surface area contributed by atoms with Crippen LogP contribution in [0, 0.1) is 0 Å². The normalized spacial score (nSPS) is 12.1. The van der Waals surface area contributed by atoms with E-state index >= 15 is 0 Å². The molecule has 0 saturated carbocycles. The Labute approximate surface area is 102 Å². The van der Waals surface area contributed by atoms with Gasteiger partial charge in [0.15, 0.2) is 6.79 Å². The van der Waals surface area contributed by atoms with E-state index in [1.54, 1.807) is 31.4 Å². The summed E-state index contributed by atoms with van der Waals surface area (Å²) in [4.78, 5) is 0. The van der Waals surface area contributed by atoms with Crippen molar-refractivity contribution in [2.24, 2.45) is 0 Å². The molecule has 0 aromatic heterocycles. The van der Waals surface area contributed by atoms with E-state index < -0.39 is 11.3 Å². The molecule has 0 heterocycles. The zero-order chi connectivity index (χ0) is 12.5. The second-order valence-corrected chi connectivity index (χ2v) is 3.74. The van der Waals surface area contributed by atoms with Crippen molar-refractivity contribution in [3.05, 3.63) is 24.3 Å². The minimum Gasteiger partial charge on any atom is -0.468 e. The second kappa shape index (κ2) is 8.02. The van der Waals surface area contributed by atoms with Crippen LogP contribution in [-0.4, -0.2) is 35.9 Å². The van der Waals surface area contributed by atoms with Crippen LogP contribution in [0.4, 0.5) is 5.69 Å². The van der Waals surface area contributed by atoms with Crippen LogP contribution >= 0.6 is 0 Å². The van der Waals surface area contributed by atoms with E-state index in [9.17, 15) is 4.21 Å². The average Bonchev–Trinajstić information content (AvgIpc) is 2.30. The number of hydrogen-bond donors (Lipinski definition) is 2. The summed E-state index contributed by atoms with van der Waals surface area (Å²) < 4.78 is 36.6. The van der Waals surface area contributed by atoms with Crippen molar-refractivity contribution >= 4 is 17.0 Å². The summed E-state index contributed by atoms with van der Waals surface area (Å²) in [7, 11) is 1.60. The SMILES string of the molecule is COCCOCOc1ccc(NS(=O)O)cc1. The number of benzene rings is 1.